The Kier molecular flexibility index (Phi) is 5.16. The number of aliphatic hydroxyl groups is 1. The highest BCUT2D eigenvalue weighted by Gasteiger charge is 2.40. The van der Waals surface area contributed by atoms with Gasteiger partial charge in [0.05, 0.1) is 17.8 Å². The molecule has 1 aliphatic rings. The van der Waals surface area contributed by atoms with Gasteiger partial charge in [-0.05, 0) is 56.8 Å². The first-order chi connectivity index (χ1) is 11.6. The molecule has 3 rings (SSSR count). The summed E-state index contributed by atoms with van der Waals surface area (Å²) in [4.78, 5) is 6.72. The second-order valence-electron chi connectivity index (χ2n) is 6.33. The number of nitrogens with zero attached hydrogens (tertiary/aromatic N) is 3. The van der Waals surface area contributed by atoms with Gasteiger partial charge in [-0.25, -0.2) is 0 Å². The number of hydrogen-bond acceptors (Lipinski definition) is 3. The predicted molar refractivity (Wildman–Crippen MR) is 98.7 cm³/mol. The summed E-state index contributed by atoms with van der Waals surface area (Å²) < 4.78 is 2.28. The van der Waals surface area contributed by atoms with Crippen LogP contribution in [0.1, 0.15) is 49.8 Å². The molecule has 2 aromatic heterocycles. The Balaban J connectivity index is 2.02. The highest BCUT2D eigenvalue weighted by atomic mass is 32.1. The summed E-state index contributed by atoms with van der Waals surface area (Å²) in [6.07, 6.45) is 4.62. The number of rotatable bonds is 6. The van der Waals surface area contributed by atoms with Crippen molar-refractivity contribution in [2.24, 2.45) is 0 Å². The van der Waals surface area contributed by atoms with Gasteiger partial charge in [0, 0.05) is 37.3 Å². The van der Waals surface area contributed by atoms with Gasteiger partial charge in [-0.2, -0.15) is 0 Å². The molecular weight excluding hydrogens is 320 g/mol. The van der Waals surface area contributed by atoms with Crippen LogP contribution in [0.5, 0.6) is 0 Å². The van der Waals surface area contributed by atoms with Gasteiger partial charge in [-0.1, -0.05) is 6.07 Å². The maximum Gasteiger partial charge on any atom is 0.170 e. The quantitative estimate of drug-likeness (QED) is 0.789. The standard InChI is InChI=1S/C18H24N4OS/c1-13(2)21-10-5-8-15(21)17-16(14-7-3-4-9-19-14)20-18(24)22(17)11-6-12-23/h3-5,7-10,13,16-17,23H,6,11-12H2,1-2H3,(H,20,24)/t16-,17-/m0/s1. The van der Waals surface area contributed by atoms with Crippen molar-refractivity contribution in [1.29, 1.82) is 0 Å². The molecule has 5 nitrogen and oxygen atoms in total. The Bertz CT molecular complexity index is 685. The molecule has 0 aliphatic carbocycles. The number of nitrogens with one attached hydrogen (secondary N) is 1. The molecule has 0 radical (unpaired) electrons. The minimum Gasteiger partial charge on any atom is -0.396 e. The molecule has 2 aromatic rings. The molecule has 0 spiro atoms. The van der Waals surface area contributed by atoms with E-state index in [1.165, 1.54) is 5.69 Å². The Labute approximate surface area is 148 Å². The van der Waals surface area contributed by atoms with Crippen LogP contribution < -0.4 is 5.32 Å². The van der Waals surface area contributed by atoms with Crippen molar-refractivity contribution < 1.29 is 5.11 Å². The first kappa shape index (κ1) is 16.9. The van der Waals surface area contributed by atoms with Gasteiger partial charge in [0.25, 0.3) is 0 Å². The van der Waals surface area contributed by atoms with Crippen LogP contribution in [0.4, 0.5) is 0 Å². The maximum atomic E-state index is 9.25. The van der Waals surface area contributed by atoms with Crippen molar-refractivity contribution in [2.75, 3.05) is 13.2 Å². The molecule has 1 aliphatic heterocycles. The van der Waals surface area contributed by atoms with Crippen molar-refractivity contribution in [2.45, 2.75) is 38.4 Å². The summed E-state index contributed by atoms with van der Waals surface area (Å²) in [5.74, 6) is 0. The average molecular weight is 344 g/mol. The van der Waals surface area contributed by atoms with Crippen molar-refractivity contribution in [3.8, 4) is 0 Å². The third-order valence-corrected chi connectivity index (χ3v) is 4.78. The van der Waals surface area contributed by atoms with Crippen LogP contribution in [0.2, 0.25) is 0 Å². The molecule has 128 valence electrons. The molecule has 0 bridgehead atoms. The molecule has 2 atom stereocenters. The lowest BCUT2D eigenvalue weighted by atomic mass is 10.0. The highest BCUT2D eigenvalue weighted by molar-refractivity contribution is 7.80. The van der Waals surface area contributed by atoms with Gasteiger partial charge < -0.3 is 19.9 Å². The number of aliphatic hydroxyl groups excluding tert-OH is 1. The lowest BCUT2D eigenvalue weighted by molar-refractivity contribution is 0.242. The number of thiocarbonyl (C=S) groups is 1. The Morgan fingerprint density at radius 3 is 2.79 bits per heavy atom. The SMILES string of the molecule is CC(C)n1cccc1[C@H]1[C@H](c2ccccn2)NC(=S)N1CCCO. The van der Waals surface area contributed by atoms with Gasteiger partial charge in [0.1, 0.15) is 0 Å². The van der Waals surface area contributed by atoms with Crippen LogP contribution in [0.3, 0.4) is 0 Å². The average Bonchev–Trinajstić information content (AvgIpc) is 3.18. The Hall–Kier alpha value is -1.92. The van der Waals surface area contributed by atoms with Crippen LogP contribution in [-0.4, -0.2) is 37.8 Å². The highest BCUT2D eigenvalue weighted by Crippen LogP contribution is 2.39. The zero-order chi connectivity index (χ0) is 17.1. The summed E-state index contributed by atoms with van der Waals surface area (Å²) in [5, 5.41) is 13.4. The van der Waals surface area contributed by atoms with Gasteiger partial charge >= 0.3 is 0 Å². The third-order valence-electron chi connectivity index (χ3n) is 4.43. The largest absolute Gasteiger partial charge is 0.396 e. The van der Waals surface area contributed by atoms with E-state index in [-0.39, 0.29) is 18.7 Å². The van der Waals surface area contributed by atoms with Crippen molar-refractivity contribution in [1.82, 2.24) is 19.8 Å². The molecular formula is C18H24N4OS. The predicted octanol–water partition coefficient (Wildman–Crippen LogP) is 2.82. The first-order valence-electron chi connectivity index (χ1n) is 8.39. The van der Waals surface area contributed by atoms with E-state index in [9.17, 15) is 5.11 Å². The molecule has 0 aromatic carbocycles. The Morgan fingerprint density at radius 1 is 1.29 bits per heavy atom. The minimum absolute atomic E-state index is 0.00444. The Morgan fingerprint density at radius 2 is 2.12 bits per heavy atom. The van der Waals surface area contributed by atoms with Crippen molar-refractivity contribution in [3.63, 3.8) is 0 Å². The molecule has 24 heavy (non-hydrogen) atoms. The van der Waals surface area contributed by atoms with E-state index in [0.29, 0.717) is 12.5 Å². The van der Waals surface area contributed by atoms with Crippen LogP contribution >= 0.6 is 12.2 Å². The molecule has 6 heteroatoms. The van der Waals surface area contributed by atoms with Gasteiger partial charge in [-0.15, -0.1) is 0 Å². The fraction of sp³-hybridized carbons (Fsp3) is 0.444. The van der Waals surface area contributed by atoms with Crippen LogP contribution in [-0.2, 0) is 0 Å². The topological polar surface area (TPSA) is 53.3 Å². The van der Waals surface area contributed by atoms with Crippen molar-refractivity contribution in [3.05, 3.63) is 54.1 Å². The minimum atomic E-state index is 0.00444. The van der Waals surface area contributed by atoms with E-state index in [0.717, 1.165) is 17.4 Å². The maximum absolute atomic E-state index is 9.25. The van der Waals surface area contributed by atoms with E-state index in [2.05, 4.69) is 51.9 Å². The van der Waals surface area contributed by atoms with E-state index in [1.807, 2.05) is 24.4 Å². The zero-order valence-corrected chi connectivity index (χ0v) is 14.9. The lowest BCUT2D eigenvalue weighted by Gasteiger charge is -2.29. The van der Waals surface area contributed by atoms with Crippen LogP contribution in [0, 0.1) is 0 Å². The zero-order valence-electron chi connectivity index (χ0n) is 14.1. The van der Waals surface area contributed by atoms with Gasteiger partial charge in [-0.3, -0.25) is 4.98 Å². The first-order valence-corrected chi connectivity index (χ1v) is 8.80. The summed E-state index contributed by atoms with van der Waals surface area (Å²) >= 11 is 5.59. The molecule has 1 fully saturated rings. The second-order valence-corrected chi connectivity index (χ2v) is 6.72. The summed E-state index contributed by atoms with van der Waals surface area (Å²) in [7, 11) is 0. The van der Waals surface area contributed by atoms with Crippen LogP contribution in [0.25, 0.3) is 0 Å². The smallest absolute Gasteiger partial charge is 0.170 e. The van der Waals surface area contributed by atoms with E-state index >= 15 is 0 Å². The third kappa shape index (κ3) is 3.16. The molecule has 0 saturated carbocycles. The fourth-order valence-corrected chi connectivity index (χ4v) is 3.67. The van der Waals surface area contributed by atoms with E-state index < -0.39 is 0 Å². The number of pyridine rings is 1. The normalized spacial score (nSPS) is 20.7. The summed E-state index contributed by atoms with van der Waals surface area (Å²) in [6, 6.07) is 10.6. The van der Waals surface area contributed by atoms with E-state index in [4.69, 9.17) is 12.2 Å². The van der Waals surface area contributed by atoms with Crippen molar-refractivity contribution >= 4 is 17.3 Å². The molecule has 0 amide bonds. The molecule has 2 N–H and O–H groups in total. The monoisotopic (exact) mass is 344 g/mol. The number of aromatic nitrogens is 2. The second kappa shape index (κ2) is 7.32. The fourth-order valence-electron chi connectivity index (χ4n) is 3.34. The van der Waals surface area contributed by atoms with Gasteiger partial charge in [0.15, 0.2) is 5.11 Å². The van der Waals surface area contributed by atoms with Gasteiger partial charge in [0.2, 0.25) is 0 Å². The molecule has 1 saturated heterocycles. The number of hydrogen-bond donors (Lipinski definition) is 2. The van der Waals surface area contributed by atoms with Crippen LogP contribution in [0.15, 0.2) is 42.7 Å². The summed E-state index contributed by atoms with van der Waals surface area (Å²) in [5.41, 5.74) is 2.19. The lowest BCUT2D eigenvalue weighted by Crippen LogP contribution is -2.32. The van der Waals surface area contributed by atoms with E-state index in [1.54, 1.807) is 0 Å². The molecule has 0 unspecified atom stereocenters. The molecule has 3 heterocycles. The summed E-state index contributed by atoms with van der Waals surface area (Å²) in [6.45, 7) is 5.24.